The quantitative estimate of drug-likeness (QED) is 0.575. The molecule has 1 fully saturated rings. The number of amides is 2. The van der Waals surface area contributed by atoms with Crippen LogP contribution >= 0.6 is 11.6 Å². The van der Waals surface area contributed by atoms with Crippen LogP contribution in [0.1, 0.15) is 24.0 Å². The van der Waals surface area contributed by atoms with Crippen molar-refractivity contribution in [2.75, 3.05) is 23.4 Å². The predicted molar refractivity (Wildman–Crippen MR) is 113 cm³/mol. The van der Waals surface area contributed by atoms with Crippen molar-refractivity contribution < 1.29 is 19.1 Å². The lowest BCUT2D eigenvalue weighted by molar-refractivity contribution is -0.142. The van der Waals surface area contributed by atoms with Gasteiger partial charge in [-0.2, -0.15) is 0 Å². The highest BCUT2D eigenvalue weighted by Crippen LogP contribution is 2.23. The smallest absolute Gasteiger partial charge is 0.331 e. The number of rotatable bonds is 6. The number of carbonyl (C=O) groups excluding carboxylic acids is 3. The highest BCUT2D eigenvalue weighted by Gasteiger charge is 2.21. The Bertz CT molecular complexity index is 954. The summed E-state index contributed by atoms with van der Waals surface area (Å²) in [6.45, 7) is 2.20. The van der Waals surface area contributed by atoms with Gasteiger partial charge in [0.1, 0.15) is 0 Å². The molecule has 0 spiro atoms. The first kappa shape index (κ1) is 20.6. The number of nitrogens with one attached hydrogen (secondary N) is 1. The van der Waals surface area contributed by atoms with E-state index in [0.29, 0.717) is 23.7 Å². The van der Waals surface area contributed by atoms with Crippen LogP contribution in [0.2, 0.25) is 5.02 Å². The maximum atomic E-state index is 12.0. The average Bonchev–Trinajstić information content (AvgIpc) is 3.14. The summed E-state index contributed by atoms with van der Waals surface area (Å²) in [6, 6.07) is 12.4. The van der Waals surface area contributed by atoms with Crippen LogP contribution in [0.4, 0.5) is 11.4 Å². The van der Waals surface area contributed by atoms with Crippen molar-refractivity contribution in [3.63, 3.8) is 0 Å². The largest absolute Gasteiger partial charge is 0.452 e. The van der Waals surface area contributed by atoms with E-state index in [2.05, 4.69) is 5.32 Å². The molecule has 6 nitrogen and oxygen atoms in total. The minimum atomic E-state index is -0.625. The number of esters is 1. The van der Waals surface area contributed by atoms with Crippen molar-refractivity contribution in [3.05, 3.63) is 64.7 Å². The third-order valence-electron chi connectivity index (χ3n) is 4.49. The zero-order valence-corrected chi connectivity index (χ0v) is 16.7. The number of hydrogen-bond donors (Lipinski definition) is 1. The summed E-state index contributed by atoms with van der Waals surface area (Å²) in [6.07, 6.45) is 4.24. The van der Waals surface area contributed by atoms with Crippen LogP contribution in [0, 0.1) is 6.92 Å². The van der Waals surface area contributed by atoms with E-state index < -0.39 is 18.5 Å². The summed E-state index contributed by atoms with van der Waals surface area (Å²) < 4.78 is 4.95. The number of halogens is 1. The number of ether oxygens (including phenoxy) is 1. The second-order valence-electron chi connectivity index (χ2n) is 6.69. The van der Waals surface area contributed by atoms with Gasteiger partial charge in [0.05, 0.1) is 0 Å². The van der Waals surface area contributed by atoms with Crippen molar-refractivity contribution in [2.45, 2.75) is 19.8 Å². The molecule has 0 aromatic heterocycles. The predicted octanol–water partition coefficient (Wildman–Crippen LogP) is 3.97. The van der Waals surface area contributed by atoms with Gasteiger partial charge in [-0.15, -0.1) is 0 Å². The van der Waals surface area contributed by atoms with Gasteiger partial charge in [-0.3, -0.25) is 9.59 Å². The van der Waals surface area contributed by atoms with E-state index in [1.165, 1.54) is 6.08 Å². The summed E-state index contributed by atoms with van der Waals surface area (Å²) in [4.78, 5) is 37.2. The maximum absolute atomic E-state index is 12.0. The van der Waals surface area contributed by atoms with Gasteiger partial charge in [0, 0.05) is 35.4 Å². The Balaban J connectivity index is 1.46. The molecule has 3 rings (SSSR count). The Kier molecular flexibility index (Phi) is 6.67. The minimum Gasteiger partial charge on any atom is -0.452 e. The van der Waals surface area contributed by atoms with E-state index in [1.807, 2.05) is 19.1 Å². The fourth-order valence-corrected chi connectivity index (χ4v) is 3.09. The standard InChI is InChI=1S/C22H21ClN2O4/c1-15-4-5-16(13-19(15)23)6-11-22(28)29-14-20(26)24-17-7-9-18(10-8-17)25-12-2-3-21(25)27/h4-11,13H,2-3,12,14H2,1H3,(H,24,26)/b11-6+. The van der Waals surface area contributed by atoms with Crippen molar-refractivity contribution in [2.24, 2.45) is 0 Å². The molecule has 0 aliphatic carbocycles. The van der Waals surface area contributed by atoms with Gasteiger partial charge in [-0.05, 0) is 60.9 Å². The lowest BCUT2D eigenvalue weighted by Gasteiger charge is -2.16. The van der Waals surface area contributed by atoms with Gasteiger partial charge in [0.15, 0.2) is 6.61 Å². The van der Waals surface area contributed by atoms with Crippen LogP contribution < -0.4 is 10.2 Å². The number of hydrogen-bond acceptors (Lipinski definition) is 4. The zero-order chi connectivity index (χ0) is 20.8. The first-order chi connectivity index (χ1) is 13.9. The molecular formula is C22H21ClN2O4. The first-order valence-corrected chi connectivity index (χ1v) is 9.61. The fourth-order valence-electron chi connectivity index (χ4n) is 2.90. The lowest BCUT2D eigenvalue weighted by Crippen LogP contribution is -2.23. The Labute approximate surface area is 174 Å². The Morgan fingerprint density at radius 3 is 2.62 bits per heavy atom. The molecule has 0 unspecified atom stereocenters. The molecule has 2 aromatic carbocycles. The van der Waals surface area contributed by atoms with E-state index in [4.69, 9.17) is 16.3 Å². The number of aryl methyl sites for hydroxylation is 1. The Morgan fingerprint density at radius 2 is 1.97 bits per heavy atom. The van der Waals surface area contributed by atoms with Gasteiger partial charge in [0.2, 0.25) is 5.91 Å². The topological polar surface area (TPSA) is 75.7 Å². The average molecular weight is 413 g/mol. The van der Waals surface area contributed by atoms with Crippen molar-refractivity contribution in [1.82, 2.24) is 0 Å². The van der Waals surface area contributed by atoms with Crippen LogP contribution in [-0.4, -0.2) is 30.9 Å². The monoisotopic (exact) mass is 412 g/mol. The van der Waals surface area contributed by atoms with E-state index in [1.54, 1.807) is 41.3 Å². The molecule has 1 saturated heterocycles. The molecule has 7 heteroatoms. The highest BCUT2D eigenvalue weighted by atomic mass is 35.5. The van der Waals surface area contributed by atoms with Crippen LogP contribution in [0.25, 0.3) is 6.08 Å². The van der Waals surface area contributed by atoms with Gasteiger partial charge >= 0.3 is 5.97 Å². The molecule has 29 heavy (non-hydrogen) atoms. The molecule has 0 atom stereocenters. The Hall–Kier alpha value is -3.12. The fraction of sp³-hybridized carbons (Fsp3) is 0.227. The number of anilines is 2. The summed E-state index contributed by atoms with van der Waals surface area (Å²) in [7, 11) is 0. The van der Waals surface area contributed by atoms with E-state index in [0.717, 1.165) is 23.2 Å². The molecule has 150 valence electrons. The van der Waals surface area contributed by atoms with Gasteiger partial charge in [-0.25, -0.2) is 4.79 Å². The van der Waals surface area contributed by atoms with Gasteiger partial charge < -0.3 is 15.0 Å². The molecule has 1 aliphatic heterocycles. The molecule has 0 saturated carbocycles. The highest BCUT2D eigenvalue weighted by molar-refractivity contribution is 6.31. The number of nitrogens with zero attached hydrogens (tertiary/aromatic N) is 1. The number of benzene rings is 2. The first-order valence-electron chi connectivity index (χ1n) is 9.23. The lowest BCUT2D eigenvalue weighted by atomic mass is 10.1. The molecular weight excluding hydrogens is 392 g/mol. The molecule has 1 aliphatic rings. The Morgan fingerprint density at radius 1 is 1.21 bits per heavy atom. The zero-order valence-electron chi connectivity index (χ0n) is 16.0. The van der Waals surface area contributed by atoms with Gasteiger partial charge in [-0.1, -0.05) is 23.7 Å². The molecule has 0 radical (unpaired) electrons. The normalized spacial score (nSPS) is 13.7. The van der Waals surface area contributed by atoms with Gasteiger partial charge in [0.25, 0.3) is 5.91 Å². The van der Waals surface area contributed by atoms with Crippen molar-refractivity contribution in [1.29, 1.82) is 0 Å². The summed E-state index contributed by atoms with van der Waals surface area (Å²) in [5.41, 5.74) is 3.08. The second-order valence-corrected chi connectivity index (χ2v) is 7.10. The number of carbonyl (C=O) groups is 3. The van der Waals surface area contributed by atoms with Crippen LogP contribution in [0.5, 0.6) is 0 Å². The second kappa shape index (κ2) is 9.39. The van der Waals surface area contributed by atoms with Crippen molar-refractivity contribution >= 4 is 46.8 Å². The van der Waals surface area contributed by atoms with E-state index in [9.17, 15) is 14.4 Å². The molecule has 0 bridgehead atoms. The molecule has 2 aromatic rings. The molecule has 1 N–H and O–H groups in total. The van der Waals surface area contributed by atoms with Crippen molar-refractivity contribution in [3.8, 4) is 0 Å². The molecule has 2 amide bonds. The minimum absolute atomic E-state index is 0.106. The maximum Gasteiger partial charge on any atom is 0.331 e. The summed E-state index contributed by atoms with van der Waals surface area (Å²) in [5, 5.41) is 3.26. The van der Waals surface area contributed by atoms with Crippen LogP contribution in [-0.2, 0) is 19.1 Å². The van der Waals surface area contributed by atoms with Crippen LogP contribution in [0.15, 0.2) is 48.5 Å². The molecule has 1 heterocycles. The van der Waals surface area contributed by atoms with E-state index >= 15 is 0 Å². The summed E-state index contributed by atoms with van der Waals surface area (Å²) >= 11 is 6.04. The SMILES string of the molecule is Cc1ccc(/C=C/C(=O)OCC(=O)Nc2ccc(N3CCCC3=O)cc2)cc1Cl. The summed E-state index contributed by atoms with van der Waals surface area (Å²) in [5.74, 6) is -0.968. The van der Waals surface area contributed by atoms with Crippen LogP contribution in [0.3, 0.4) is 0 Å². The third kappa shape index (κ3) is 5.68. The van der Waals surface area contributed by atoms with E-state index in [-0.39, 0.29) is 5.91 Å². The third-order valence-corrected chi connectivity index (χ3v) is 4.90.